The topological polar surface area (TPSA) is 78.5 Å². The lowest BCUT2D eigenvalue weighted by Crippen LogP contribution is -2.37. The fourth-order valence-corrected chi connectivity index (χ4v) is 3.11. The molecule has 0 amide bonds. The Morgan fingerprint density at radius 3 is 2.59 bits per heavy atom. The number of carbonyl (C=O) groups excluding carboxylic acids is 1. The van der Waals surface area contributed by atoms with Gasteiger partial charge in [-0.2, -0.15) is 0 Å². The Kier molecular flexibility index (Phi) is 8.50. The van der Waals surface area contributed by atoms with Crippen LogP contribution in [0.4, 0.5) is 0 Å². The molecule has 0 atom stereocenters. The van der Waals surface area contributed by atoms with Crippen LogP contribution in [0.1, 0.15) is 27.0 Å². The van der Waals surface area contributed by atoms with E-state index in [1.54, 1.807) is 19.2 Å². The van der Waals surface area contributed by atoms with Gasteiger partial charge in [-0.05, 0) is 48.2 Å². The highest BCUT2D eigenvalue weighted by atomic mass is 127. The number of halogens is 1. The van der Waals surface area contributed by atoms with E-state index in [0.717, 1.165) is 24.5 Å². The minimum absolute atomic E-state index is 0. The Bertz CT molecular complexity index is 980. The van der Waals surface area contributed by atoms with Crippen molar-refractivity contribution in [2.24, 2.45) is 4.99 Å². The maximum Gasteiger partial charge on any atom is 0.337 e. The van der Waals surface area contributed by atoms with E-state index in [4.69, 9.17) is 4.74 Å². The second-order valence-electron chi connectivity index (χ2n) is 6.65. The summed E-state index contributed by atoms with van der Waals surface area (Å²) in [4.78, 5) is 19.1. The van der Waals surface area contributed by atoms with Crippen molar-refractivity contribution in [1.29, 1.82) is 0 Å². The average Bonchev–Trinajstić information content (AvgIpc) is 3.12. The van der Waals surface area contributed by atoms with Crippen molar-refractivity contribution in [2.75, 3.05) is 20.7 Å². The maximum absolute atomic E-state index is 11.5. The van der Waals surface area contributed by atoms with Gasteiger partial charge in [0.25, 0.3) is 0 Å². The number of aromatic amines is 1. The van der Waals surface area contributed by atoms with Crippen LogP contribution in [0.25, 0.3) is 10.9 Å². The molecule has 154 valence electrons. The number of guanidine groups is 1. The van der Waals surface area contributed by atoms with Gasteiger partial charge in [-0.25, -0.2) is 4.79 Å². The van der Waals surface area contributed by atoms with Gasteiger partial charge in [-0.15, -0.1) is 24.0 Å². The number of H-pyrrole nitrogens is 1. The number of nitrogens with zero attached hydrogens (tertiary/aromatic N) is 1. The fraction of sp³-hybridized carbons (Fsp3) is 0.273. The van der Waals surface area contributed by atoms with Crippen molar-refractivity contribution in [1.82, 2.24) is 15.6 Å². The SMILES string of the molecule is CN=C(NCCc1c[nH]c2cc(C)ccc12)NCc1ccc(C(=O)OC)cc1.I. The predicted octanol–water partition coefficient (Wildman–Crippen LogP) is 3.79. The Hall–Kier alpha value is -2.55. The minimum Gasteiger partial charge on any atom is -0.465 e. The standard InChI is InChI=1S/C22H26N4O2.HI/c1-15-4-9-19-18(14-25-20(19)12-15)10-11-24-22(23-2)26-13-16-5-7-17(8-6-16)21(27)28-3;/h4-9,12,14,25H,10-11,13H2,1-3H3,(H2,23,24,26);1H. The zero-order valence-corrected chi connectivity index (χ0v) is 19.2. The number of hydrogen-bond acceptors (Lipinski definition) is 3. The van der Waals surface area contributed by atoms with E-state index < -0.39 is 0 Å². The first kappa shape index (κ1) is 22.7. The highest BCUT2D eigenvalue weighted by molar-refractivity contribution is 14.0. The lowest BCUT2D eigenvalue weighted by molar-refractivity contribution is 0.0600. The summed E-state index contributed by atoms with van der Waals surface area (Å²) < 4.78 is 4.71. The summed E-state index contributed by atoms with van der Waals surface area (Å²) in [5, 5.41) is 7.90. The van der Waals surface area contributed by atoms with Crippen molar-refractivity contribution < 1.29 is 9.53 Å². The molecule has 7 heteroatoms. The summed E-state index contributed by atoms with van der Waals surface area (Å²) in [5.74, 6) is 0.414. The van der Waals surface area contributed by atoms with Crippen molar-refractivity contribution in [3.8, 4) is 0 Å². The molecular formula is C22H27IN4O2. The zero-order valence-electron chi connectivity index (χ0n) is 16.9. The lowest BCUT2D eigenvalue weighted by Gasteiger charge is -2.12. The van der Waals surface area contributed by atoms with Gasteiger partial charge in [0.1, 0.15) is 0 Å². The van der Waals surface area contributed by atoms with Gasteiger partial charge in [-0.1, -0.05) is 24.3 Å². The molecule has 0 saturated heterocycles. The number of esters is 1. The number of hydrogen-bond donors (Lipinski definition) is 3. The molecule has 0 spiro atoms. The van der Waals surface area contributed by atoms with Gasteiger partial charge in [0, 0.05) is 37.2 Å². The van der Waals surface area contributed by atoms with Gasteiger partial charge in [-0.3, -0.25) is 4.99 Å². The molecule has 29 heavy (non-hydrogen) atoms. The van der Waals surface area contributed by atoms with Crippen LogP contribution in [0.15, 0.2) is 53.7 Å². The molecule has 3 aromatic rings. The number of carbonyl (C=O) groups is 1. The highest BCUT2D eigenvalue weighted by Crippen LogP contribution is 2.19. The van der Waals surface area contributed by atoms with E-state index in [-0.39, 0.29) is 29.9 Å². The first-order valence-electron chi connectivity index (χ1n) is 9.29. The zero-order chi connectivity index (χ0) is 19.9. The number of fused-ring (bicyclic) bond motifs is 1. The number of aliphatic imine (C=N–C) groups is 1. The third kappa shape index (κ3) is 5.96. The van der Waals surface area contributed by atoms with Gasteiger partial charge in [0.2, 0.25) is 0 Å². The van der Waals surface area contributed by atoms with Crippen LogP contribution in [-0.4, -0.2) is 37.6 Å². The third-order valence-corrected chi connectivity index (χ3v) is 4.67. The second kappa shape index (κ2) is 10.8. The predicted molar refractivity (Wildman–Crippen MR) is 128 cm³/mol. The Balaban J connectivity index is 0.00000300. The van der Waals surface area contributed by atoms with Crippen molar-refractivity contribution in [3.63, 3.8) is 0 Å². The van der Waals surface area contributed by atoms with Crippen LogP contribution in [0.3, 0.4) is 0 Å². The molecule has 6 nitrogen and oxygen atoms in total. The first-order chi connectivity index (χ1) is 13.6. The molecule has 1 heterocycles. The number of ether oxygens (including phenoxy) is 1. The number of aromatic nitrogens is 1. The van der Waals surface area contributed by atoms with E-state index in [1.807, 2.05) is 12.1 Å². The molecule has 0 aliphatic carbocycles. The number of benzene rings is 2. The molecule has 1 aromatic heterocycles. The molecule has 0 unspecified atom stereocenters. The summed E-state index contributed by atoms with van der Waals surface area (Å²) in [7, 11) is 3.13. The van der Waals surface area contributed by atoms with Crippen LogP contribution >= 0.6 is 24.0 Å². The van der Waals surface area contributed by atoms with Crippen LogP contribution in [0, 0.1) is 6.92 Å². The summed E-state index contributed by atoms with van der Waals surface area (Å²) in [6.45, 7) is 3.50. The monoisotopic (exact) mass is 506 g/mol. The van der Waals surface area contributed by atoms with Gasteiger partial charge in [0.15, 0.2) is 5.96 Å². The normalized spacial score (nSPS) is 11.1. The number of nitrogens with one attached hydrogen (secondary N) is 3. The van der Waals surface area contributed by atoms with Crippen molar-refractivity contribution in [2.45, 2.75) is 19.9 Å². The Morgan fingerprint density at radius 2 is 1.90 bits per heavy atom. The van der Waals surface area contributed by atoms with E-state index in [2.05, 4.69) is 51.9 Å². The molecule has 3 N–H and O–H groups in total. The number of methoxy groups -OCH3 is 1. The van der Waals surface area contributed by atoms with Crippen molar-refractivity contribution >= 4 is 46.8 Å². The van der Waals surface area contributed by atoms with Crippen LogP contribution < -0.4 is 10.6 Å². The average molecular weight is 506 g/mol. The Morgan fingerprint density at radius 1 is 1.14 bits per heavy atom. The summed E-state index contributed by atoms with van der Waals surface area (Å²) in [6.07, 6.45) is 2.97. The highest BCUT2D eigenvalue weighted by Gasteiger charge is 2.06. The fourth-order valence-electron chi connectivity index (χ4n) is 3.11. The quantitative estimate of drug-likeness (QED) is 0.206. The molecule has 3 rings (SSSR count). The largest absolute Gasteiger partial charge is 0.465 e. The first-order valence-corrected chi connectivity index (χ1v) is 9.29. The molecule has 0 fully saturated rings. The van der Waals surface area contributed by atoms with E-state index in [1.165, 1.54) is 29.1 Å². The maximum atomic E-state index is 11.5. The summed E-state index contributed by atoms with van der Waals surface area (Å²) >= 11 is 0. The minimum atomic E-state index is -0.329. The number of aryl methyl sites for hydroxylation is 1. The van der Waals surface area contributed by atoms with Gasteiger partial charge in [0.05, 0.1) is 12.7 Å². The molecule has 0 saturated carbocycles. The number of rotatable bonds is 6. The van der Waals surface area contributed by atoms with Crippen molar-refractivity contribution in [3.05, 3.63) is 70.9 Å². The van der Waals surface area contributed by atoms with E-state index in [0.29, 0.717) is 12.1 Å². The molecule has 2 aromatic carbocycles. The molecule has 0 bridgehead atoms. The van der Waals surface area contributed by atoms with Crippen LogP contribution in [0.5, 0.6) is 0 Å². The molecular weight excluding hydrogens is 479 g/mol. The smallest absolute Gasteiger partial charge is 0.337 e. The Labute approximate surface area is 188 Å². The molecule has 0 radical (unpaired) electrons. The summed E-state index contributed by atoms with van der Waals surface area (Å²) in [5.41, 5.74) is 5.32. The third-order valence-electron chi connectivity index (χ3n) is 4.67. The van der Waals surface area contributed by atoms with Crippen LogP contribution in [0.2, 0.25) is 0 Å². The summed E-state index contributed by atoms with van der Waals surface area (Å²) in [6, 6.07) is 13.8. The van der Waals surface area contributed by atoms with E-state index in [9.17, 15) is 4.79 Å². The molecule has 0 aliphatic heterocycles. The van der Waals surface area contributed by atoms with Crippen LogP contribution in [-0.2, 0) is 17.7 Å². The lowest BCUT2D eigenvalue weighted by atomic mass is 10.1. The van der Waals surface area contributed by atoms with Gasteiger partial charge >= 0.3 is 5.97 Å². The molecule has 0 aliphatic rings. The second-order valence-corrected chi connectivity index (χ2v) is 6.65. The van der Waals surface area contributed by atoms with Gasteiger partial charge < -0.3 is 20.4 Å². The van der Waals surface area contributed by atoms with E-state index >= 15 is 0 Å².